The molecule has 0 heterocycles. The van der Waals surface area contributed by atoms with Gasteiger partial charge in [0.25, 0.3) is 0 Å². The molecule has 0 saturated heterocycles. The largest absolute Gasteiger partial charge is 0.379 e. The van der Waals surface area contributed by atoms with Crippen molar-refractivity contribution in [1.29, 1.82) is 0 Å². The van der Waals surface area contributed by atoms with Gasteiger partial charge in [0.2, 0.25) is 0 Å². The second-order valence-corrected chi connectivity index (χ2v) is 4.94. The van der Waals surface area contributed by atoms with E-state index in [0.29, 0.717) is 22.3 Å². The topological polar surface area (TPSA) is 12.0 Å². The summed E-state index contributed by atoms with van der Waals surface area (Å²) in [6.07, 6.45) is 0. The highest BCUT2D eigenvalue weighted by molar-refractivity contribution is 6.35. The van der Waals surface area contributed by atoms with Crippen molar-refractivity contribution in [1.82, 2.24) is 0 Å². The summed E-state index contributed by atoms with van der Waals surface area (Å²) in [6, 6.07) is 9.97. The molecule has 94 valence electrons. The van der Waals surface area contributed by atoms with Gasteiger partial charge in [-0.05, 0) is 29.8 Å². The van der Waals surface area contributed by atoms with Crippen molar-refractivity contribution in [2.24, 2.45) is 0 Å². The zero-order valence-corrected chi connectivity index (χ0v) is 11.5. The second kappa shape index (κ2) is 5.79. The van der Waals surface area contributed by atoms with E-state index >= 15 is 0 Å². The highest BCUT2D eigenvalue weighted by Crippen LogP contribution is 2.25. The normalized spacial score (nSPS) is 10.4. The first-order valence-corrected chi connectivity index (χ1v) is 6.33. The van der Waals surface area contributed by atoms with Crippen molar-refractivity contribution in [3.63, 3.8) is 0 Å². The summed E-state index contributed by atoms with van der Waals surface area (Å²) in [7, 11) is 0. The molecule has 5 heteroatoms. The van der Waals surface area contributed by atoms with E-state index in [1.54, 1.807) is 30.3 Å². The maximum Gasteiger partial charge on any atom is 0.164 e. The lowest BCUT2D eigenvalue weighted by molar-refractivity contribution is 0.630. The molecule has 2 rings (SSSR count). The molecule has 0 saturated carbocycles. The lowest BCUT2D eigenvalue weighted by atomic mass is 10.2. The molecule has 0 aliphatic heterocycles. The summed E-state index contributed by atoms with van der Waals surface area (Å²) in [5, 5.41) is 4.14. The van der Waals surface area contributed by atoms with Gasteiger partial charge in [-0.2, -0.15) is 0 Å². The average molecular weight is 305 g/mol. The van der Waals surface area contributed by atoms with Gasteiger partial charge < -0.3 is 5.32 Å². The van der Waals surface area contributed by atoms with Crippen LogP contribution in [0.15, 0.2) is 36.4 Å². The standard InChI is InChI=1S/C13H9Cl3FN/c14-9-5-4-8(11(16)6-9)7-18-12-3-1-2-10(15)13(12)17/h1-6,18H,7H2. The van der Waals surface area contributed by atoms with Crippen molar-refractivity contribution in [3.05, 3.63) is 62.8 Å². The van der Waals surface area contributed by atoms with E-state index in [2.05, 4.69) is 5.32 Å². The van der Waals surface area contributed by atoms with Crippen LogP contribution < -0.4 is 5.32 Å². The Balaban J connectivity index is 2.14. The van der Waals surface area contributed by atoms with Crippen LogP contribution in [0, 0.1) is 5.82 Å². The zero-order valence-electron chi connectivity index (χ0n) is 9.18. The Morgan fingerprint density at radius 1 is 1.00 bits per heavy atom. The van der Waals surface area contributed by atoms with Crippen molar-refractivity contribution in [2.75, 3.05) is 5.32 Å². The second-order valence-electron chi connectivity index (χ2n) is 3.69. The molecule has 0 spiro atoms. The lowest BCUT2D eigenvalue weighted by Gasteiger charge is -2.09. The SMILES string of the molecule is Fc1c(Cl)cccc1NCc1ccc(Cl)cc1Cl. The quantitative estimate of drug-likeness (QED) is 0.800. The van der Waals surface area contributed by atoms with Crippen LogP contribution in [-0.4, -0.2) is 0 Å². The van der Waals surface area contributed by atoms with E-state index < -0.39 is 5.82 Å². The Bertz CT molecular complexity index is 572. The molecule has 0 aliphatic rings. The number of halogens is 4. The van der Waals surface area contributed by atoms with Gasteiger partial charge in [0.15, 0.2) is 5.82 Å². The average Bonchev–Trinajstić information content (AvgIpc) is 2.33. The van der Waals surface area contributed by atoms with E-state index in [0.717, 1.165) is 5.56 Å². The molecule has 0 bridgehead atoms. The van der Waals surface area contributed by atoms with E-state index in [1.807, 2.05) is 0 Å². The Morgan fingerprint density at radius 2 is 1.78 bits per heavy atom. The fourth-order valence-corrected chi connectivity index (χ4v) is 2.15. The van der Waals surface area contributed by atoms with Crippen molar-refractivity contribution in [2.45, 2.75) is 6.54 Å². The minimum absolute atomic E-state index is 0.0854. The van der Waals surface area contributed by atoms with Gasteiger partial charge in [-0.1, -0.05) is 46.9 Å². The van der Waals surface area contributed by atoms with Crippen LogP contribution in [0.1, 0.15) is 5.56 Å². The predicted molar refractivity (Wildman–Crippen MR) is 75.2 cm³/mol. The van der Waals surface area contributed by atoms with Crippen LogP contribution in [0.5, 0.6) is 0 Å². The molecule has 0 amide bonds. The van der Waals surface area contributed by atoms with Crippen molar-refractivity contribution < 1.29 is 4.39 Å². The lowest BCUT2D eigenvalue weighted by Crippen LogP contribution is -2.02. The highest BCUT2D eigenvalue weighted by atomic mass is 35.5. The van der Waals surface area contributed by atoms with Gasteiger partial charge in [0, 0.05) is 16.6 Å². The number of rotatable bonds is 3. The van der Waals surface area contributed by atoms with E-state index in [-0.39, 0.29) is 5.02 Å². The van der Waals surface area contributed by atoms with Crippen LogP contribution in [0.25, 0.3) is 0 Å². The summed E-state index contributed by atoms with van der Waals surface area (Å²) in [5.41, 5.74) is 1.17. The molecular formula is C13H9Cl3FN. The molecule has 2 aromatic rings. The van der Waals surface area contributed by atoms with Gasteiger partial charge in [0.1, 0.15) is 0 Å². The number of benzene rings is 2. The zero-order chi connectivity index (χ0) is 13.1. The monoisotopic (exact) mass is 303 g/mol. The summed E-state index contributed by atoms with van der Waals surface area (Å²) < 4.78 is 13.6. The summed E-state index contributed by atoms with van der Waals surface area (Å²) >= 11 is 17.5. The third-order valence-corrected chi connectivity index (χ3v) is 3.31. The first kappa shape index (κ1) is 13.5. The molecule has 18 heavy (non-hydrogen) atoms. The van der Waals surface area contributed by atoms with Crippen LogP contribution in [0.2, 0.25) is 15.1 Å². The van der Waals surface area contributed by atoms with Gasteiger partial charge in [-0.3, -0.25) is 0 Å². The summed E-state index contributed by atoms with van der Waals surface area (Å²) in [4.78, 5) is 0. The van der Waals surface area contributed by atoms with Crippen LogP contribution in [0.4, 0.5) is 10.1 Å². The van der Waals surface area contributed by atoms with Crippen LogP contribution in [-0.2, 0) is 6.54 Å². The smallest absolute Gasteiger partial charge is 0.164 e. The molecule has 1 nitrogen and oxygen atoms in total. The fourth-order valence-electron chi connectivity index (χ4n) is 1.50. The Morgan fingerprint density at radius 3 is 2.50 bits per heavy atom. The molecule has 1 N–H and O–H groups in total. The van der Waals surface area contributed by atoms with E-state index in [9.17, 15) is 4.39 Å². The Hall–Kier alpha value is -0.960. The molecule has 0 atom stereocenters. The van der Waals surface area contributed by atoms with Crippen LogP contribution in [0.3, 0.4) is 0 Å². The first-order valence-electron chi connectivity index (χ1n) is 5.20. The minimum Gasteiger partial charge on any atom is -0.379 e. The van der Waals surface area contributed by atoms with E-state index in [4.69, 9.17) is 34.8 Å². The number of anilines is 1. The third kappa shape index (κ3) is 3.08. The number of hydrogen-bond acceptors (Lipinski definition) is 1. The third-order valence-electron chi connectivity index (χ3n) is 2.44. The Labute approximate surface area is 119 Å². The van der Waals surface area contributed by atoms with Crippen molar-refractivity contribution >= 4 is 40.5 Å². The number of nitrogens with one attached hydrogen (secondary N) is 1. The van der Waals surface area contributed by atoms with Gasteiger partial charge in [-0.15, -0.1) is 0 Å². The van der Waals surface area contributed by atoms with Crippen LogP contribution >= 0.6 is 34.8 Å². The van der Waals surface area contributed by atoms with Crippen molar-refractivity contribution in [3.8, 4) is 0 Å². The van der Waals surface area contributed by atoms with E-state index in [1.165, 1.54) is 6.07 Å². The minimum atomic E-state index is -0.468. The first-order chi connectivity index (χ1) is 8.58. The molecule has 0 radical (unpaired) electrons. The van der Waals surface area contributed by atoms with Gasteiger partial charge >= 0.3 is 0 Å². The Kier molecular flexibility index (Phi) is 4.33. The molecular weight excluding hydrogens is 296 g/mol. The molecule has 0 aliphatic carbocycles. The van der Waals surface area contributed by atoms with Gasteiger partial charge in [0.05, 0.1) is 10.7 Å². The highest BCUT2D eigenvalue weighted by Gasteiger charge is 2.07. The number of hydrogen-bond donors (Lipinski definition) is 1. The fraction of sp³-hybridized carbons (Fsp3) is 0.0769. The molecule has 2 aromatic carbocycles. The predicted octanol–water partition coefficient (Wildman–Crippen LogP) is 5.40. The molecule has 0 aromatic heterocycles. The molecule has 0 fully saturated rings. The summed E-state index contributed by atoms with van der Waals surface area (Å²) in [5.74, 6) is -0.468. The maximum absolute atomic E-state index is 13.6. The molecule has 0 unspecified atom stereocenters. The van der Waals surface area contributed by atoms with Gasteiger partial charge in [-0.25, -0.2) is 4.39 Å². The summed E-state index contributed by atoms with van der Waals surface area (Å²) in [6.45, 7) is 0.396. The maximum atomic E-state index is 13.6.